The summed E-state index contributed by atoms with van der Waals surface area (Å²) < 4.78 is 45.0. The molecule has 1 aliphatic rings. The first-order valence-corrected chi connectivity index (χ1v) is 9.06. The minimum atomic E-state index is -3.35. The molecule has 1 aliphatic heterocycles. The van der Waals surface area contributed by atoms with E-state index in [1.807, 2.05) is 6.92 Å². The zero-order valence-electron chi connectivity index (χ0n) is 10.0. The van der Waals surface area contributed by atoms with Crippen molar-refractivity contribution in [3.63, 3.8) is 0 Å². The van der Waals surface area contributed by atoms with Crippen LogP contribution in [-0.4, -0.2) is 29.0 Å². The molecule has 0 fully saturated rings. The second-order valence-corrected chi connectivity index (χ2v) is 9.07. The van der Waals surface area contributed by atoms with Crippen molar-refractivity contribution in [3.05, 3.63) is 11.6 Å². The van der Waals surface area contributed by atoms with Gasteiger partial charge in [0, 0.05) is 6.04 Å². The second kappa shape index (κ2) is 5.01. The number of rotatable bonds is 3. The number of nitrogens with one attached hydrogen (secondary N) is 1. The van der Waals surface area contributed by atoms with Gasteiger partial charge in [0.25, 0.3) is 0 Å². The Balaban J connectivity index is 2.57. The normalized spacial score (nSPS) is 27.7. The number of fused-ring (bicyclic) bond motifs is 1. The zero-order valence-corrected chi connectivity index (χ0v) is 12.5. The van der Waals surface area contributed by atoms with Gasteiger partial charge in [0.2, 0.25) is 0 Å². The SMILES string of the molecule is CCN[C@H]1C[C@H](C)S(=O)(=O)c2sc(S(=O)O)cc21. The standard InChI is InChI=1S/C10H15NO4S3/c1-3-11-8-4-6(2)18(14,15)10-7(8)5-9(16-10)17(12)13/h5-6,8,11H,3-4H2,1-2H3,(H,12,13)/t6-,8-/m0/s1. The molecular formula is C10H15NO4S3. The van der Waals surface area contributed by atoms with E-state index in [0.29, 0.717) is 12.0 Å². The van der Waals surface area contributed by atoms with Crippen LogP contribution >= 0.6 is 11.3 Å². The van der Waals surface area contributed by atoms with Crippen LogP contribution in [0.3, 0.4) is 0 Å². The molecule has 18 heavy (non-hydrogen) atoms. The molecule has 1 unspecified atom stereocenters. The predicted octanol–water partition coefficient (Wildman–Crippen LogP) is 1.55. The first kappa shape index (κ1) is 14.1. The molecule has 0 amide bonds. The van der Waals surface area contributed by atoms with E-state index < -0.39 is 26.2 Å². The highest BCUT2D eigenvalue weighted by Gasteiger charge is 2.38. The maximum absolute atomic E-state index is 12.2. The van der Waals surface area contributed by atoms with E-state index in [-0.39, 0.29) is 14.5 Å². The maximum Gasteiger partial charge on any atom is 0.196 e. The third-order valence-corrected chi connectivity index (χ3v) is 7.89. The van der Waals surface area contributed by atoms with Crippen molar-refractivity contribution in [2.45, 2.75) is 40.0 Å². The molecule has 0 bridgehead atoms. The van der Waals surface area contributed by atoms with Gasteiger partial charge in [-0.2, -0.15) is 0 Å². The molecule has 0 aromatic carbocycles. The van der Waals surface area contributed by atoms with Gasteiger partial charge < -0.3 is 9.87 Å². The van der Waals surface area contributed by atoms with Gasteiger partial charge in [-0.05, 0) is 31.5 Å². The van der Waals surface area contributed by atoms with Crippen LogP contribution in [0.5, 0.6) is 0 Å². The fourth-order valence-electron chi connectivity index (χ4n) is 2.12. The molecule has 0 radical (unpaired) electrons. The summed E-state index contributed by atoms with van der Waals surface area (Å²) >= 11 is -1.23. The van der Waals surface area contributed by atoms with Crippen LogP contribution < -0.4 is 5.32 Å². The molecule has 2 N–H and O–H groups in total. The van der Waals surface area contributed by atoms with Gasteiger partial charge in [-0.15, -0.1) is 11.3 Å². The van der Waals surface area contributed by atoms with E-state index in [1.165, 1.54) is 6.07 Å². The Morgan fingerprint density at radius 2 is 2.28 bits per heavy atom. The number of thiophene rings is 1. The largest absolute Gasteiger partial charge is 0.310 e. The van der Waals surface area contributed by atoms with Crippen LogP contribution in [-0.2, 0) is 20.9 Å². The minimum Gasteiger partial charge on any atom is -0.310 e. The van der Waals surface area contributed by atoms with E-state index in [0.717, 1.165) is 17.9 Å². The lowest BCUT2D eigenvalue weighted by Crippen LogP contribution is -2.33. The van der Waals surface area contributed by atoms with Crippen molar-refractivity contribution in [1.29, 1.82) is 0 Å². The number of sulfone groups is 1. The molecule has 8 heteroatoms. The molecule has 0 saturated heterocycles. The third kappa shape index (κ3) is 2.27. The zero-order chi connectivity index (χ0) is 13.5. The summed E-state index contributed by atoms with van der Waals surface area (Å²) in [5.74, 6) is 0. The Hall–Kier alpha value is -0.280. The predicted molar refractivity (Wildman–Crippen MR) is 71.0 cm³/mol. The highest BCUT2D eigenvalue weighted by Crippen LogP contribution is 2.42. The summed E-state index contributed by atoms with van der Waals surface area (Å²) in [4.78, 5) is 0. The molecule has 0 saturated carbocycles. The molecule has 0 spiro atoms. The number of hydrogen-bond acceptors (Lipinski definition) is 5. The van der Waals surface area contributed by atoms with E-state index in [1.54, 1.807) is 6.92 Å². The first-order chi connectivity index (χ1) is 8.37. The van der Waals surface area contributed by atoms with Crippen LogP contribution in [0.4, 0.5) is 0 Å². The lowest BCUT2D eigenvalue weighted by atomic mass is 10.1. The molecule has 5 nitrogen and oxygen atoms in total. The van der Waals surface area contributed by atoms with Gasteiger partial charge in [-0.3, -0.25) is 0 Å². The van der Waals surface area contributed by atoms with E-state index in [4.69, 9.17) is 4.55 Å². The molecular weight excluding hydrogens is 294 g/mol. The van der Waals surface area contributed by atoms with Crippen molar-refractivity contribution in [3.8, 4) is 0 Å². The van der Waals surface area contributed by atoms with E-state index in [9.17, 15) is 12.6 Å². The molecule has 3 atom stereocenters. The van der Waals surface area contributed by atoms with Gasteiger partial charge in [-0.1, -0.05) is 6.92 Å². The first-order valence-electron chi connectivity index (χ1n) is 5.59. The third-order valence-electron chi connectivity index (χ3n) is 3.06. The van der Waals surface area contributed by atoms with Crippen LogP contribution in [0.25, 0.3) is 0 Å². The van der Waals surface area contributed by atoms with Gasteiger partial charge in [-0.25, -0.2) is 12.6 Å². The average Bonchev–Trinajstić information content (AvgIpc) is 2.72. The summed E-state index contributed by atoms with van der Waals surface area (Å²) in [6, 6.07) is 1.48. The number of hydrogen-bond donors (Lipinski definition) is 2. The van der Waals surface area contributed by atoms with Gasteiger partial charge in [0.15, 0.2) is 20.9 Å². The second-order valence-electron chi connectivity index (χ2n) is 4.26. The Morgan fingerprint density at radius 1 is 1.61 bits per heavy atom. The van der Waals surface area contributed by atoms with Crippen molar-refractivity contribution < 1.29 is 17.2 Å². The van der Waals surface area contributed by atoms with E-state index in [2.05, 4.69) is 5.32 Å². The molecule has 1 aromatic heterocycles. The van der Waals surface area contributed by atoms with Crippen molar-refractivity contribution in [2.75, 3.05) is 6.54 Å². The summed E-state index contributed by atoms with van der Waals surface area (Å²) in [7, 11) is -3.35. The molecule has 0 aliphatic carbocycles. The van der Waals surface area contributed by atoms with Gasteiger partial charge in [0.1, 0.15) is 8.42 Å². The Labute approximate surface area is 113 Å². The summed E-state index contributed by atoms with van der Waals surface area (Å²) in [5, 5.41) is 2.76. The maximum atomic E-state index is 12.2. The summed E-state index contributed by atoms with van der Waals surface area (Å²) in [6.07, 6.45) is 0.497. The van der Waals surface area contributed by atoms with Crippen molar-refractivity contribution in [1.82, 2.24) is 5.32 Å². The fourth-order valence-corrected chi connectivity index (χ4v) is 6.30. The Morgan fingerprint density at radius 3 is 2.83 bits per heavy atom. The van der Waals surface area contributed by atoms with Crippen molar-refractivity contribution >= 4 is 32.3 Å². The smallest absolute Gasteiger partial charge is 0.196 e. The molecule has 1 aromatic rings. The molecule has 2 heterocycles. The fraction of sp³-hybridized carbons (Fsp3) is 0.600. The summed E-state index contributed by atoms with van der Waals surface area (Å²) in [5.41, 5.74) is 0.636. The Bertz CT molecular complexity index is 578. The Kier molecular flexibility index (Phi) is 3.93. The summed E-state index contributed by atoms with van der Waals surface area (Å²) in [6.45, 7) is 4.35. The molecule has 2 rings (SSSR count). The van der Waals surface area contributed by atoms with Crippen LogP contribution in [0, 0.1) is 0 Å². The highest BCUT2D eigenvalue weighted by atomic mass is 32.3. The lowest BCUT2D eigenvalue weighted by Gasteiger charge is -2.27. The molecule has 102 valence electrons. The van der Waals surface area contributed by atoms with Gasteiger partial charge in [0.05, 0.1) is 5.25 Å². The van der Waals surface area contributed by atoms with Crippen LogP contribution in [0.15, 0.2) is 14.5 Å². The van der Waals surface area contributed by atoms with E-state index >= 15 is 0 Å². The monoisotopic (exact) mass is 309 g/mol. The van der Waals surface area contributed by atoms with Crippen LogP contribution in [0.2, 0.25) is 0 Å². The highest BCUT2D eigenvalue weighted by molar-refractivity contribution is 7.94. The minimum absolute atomic E-state index is 0.0583. The van der Waals surface area contributed by atoms with Crippen molar-refractivity contribution in [2.24, 2.45) is 0 Å². The quantitative estimate of drug-likeness (QED) is 0.828. The van der Waals surface area contributed by atoms with Crippen LogP contribution in [0.1, 0.15) is 31.9 Å². The topological polar surface area (TPSA) is 83.5 Å². The van der Waals surface area contributed by atoms with Gasteiger partial charge >= 0.3 is 0 Å². The lowest BCUT2D eigenvalue weighted by molar-refractivity contribution is 0.477. The average molecular weight is 309 g/mol.